The van der Waals surface area contributed by atoms with Crippen LogP contribution in [0.15, 0.2) is 53.0 Å². The minimum Gasteiger partial charge on any atom is -0.454 e. The number of nitrogens with zero attached hydrogens (tertiary/aromatic N) is 3. The Morgan fingerprint density at radius 3 is 2.58 bits per heavy atom. The Balaban J connectivity index is 1.69. The molecule has 2 aromatic rings. The number of ketones is 1. The van der Waals surface area contributed by atoms with Gasteiger partial charge in [-0.15, -0.1) is 4.99 Å². The first-order valence-electron chi connectivity index (χ1n) is 9.77. The second kappa shape index (κ2) is 5.98. The SMILES string of the molecule is CN1C(=O)C2=C(c3ccc4c(c3)OCO4)C3C(=O)c4ccccc4C3=NC2=[N+](C)C1=O. The first-order valence-corrected chi connectivity index (χ1v) is 9.77. The van der Waals surface area contributed by atoms with Crippen LogP contribution in [0, 0.1) is 5.92 Å². The highest BCUT2D eigenvalue weighted by Gasteiger charge is 2.52. The number of allylic oxidation sites excluding steroid dienone is 1. The number of imide groups is 1. The molecule has 0 radical (unpaired) electrons. The first-order chi connectivity index (χ1) is 15.0. The fourth-order valence-electron chi connectivity index (χ4n) is 4.58. The Kier molecular flexibility index (Phi) is 3.42. The maximum Gasteiger partial charge on any atom is 0.445 e. The fraction of sp³-hybridized carbons (Fsp3) is 0.174. The van der Waals surface area contributed by atoms with Crippen molar-refractivity contribution < 1.29 is 28.4 Å². The van der Waals surface area contributed by atoms with Gasteiger partial charge in [-0.1, -0.05) is 30.3 Å². The van der Waals surface area contributed by atoms with Gasteiger partial charge in [0.2, 0.25) is 6.79 Å². The van der Waals surface area contributed by atoms with E-state index in [1.807, 2.05) is 12.1 Å². The lowest BCUT2D eigenvalue weighted by molar-refractivity contribution is -0.403. The number of ether oxygens (including phenoxy) is 2. The van der Waals surface area contributed by atoms with Crippen molar-refractivity contribution in [2.45, 2.75) is 0 Å². The fourth-order valence-corrected chi connectivity index (χ4v) is 4.58. The summed E-state index contributed by atoms with van der Waals surface area (Å²) in [5.74, 6) is 0.0387. The van der Waals surface area contributed by atoms with Crippen LogP contribution in [0.3, 0.4) is 0 Å². The number of amidine groups is 1. The van der Waals surface area contributed by atoms with Crippen molar-refractivity contribution in [2.24, 2.45) is 10.9 Å². The number of hydrogen-bond donors (Lipinski definition) is 0. The maximum atomic E-state index is 13.5. The molecule has 0 spiro atoms. The predicted octanol–water partition coefficient (Wildman–Crippen LogP) is 2.12. The summed E-state index contributed by atoms with van der Waals surface area (Å²) in [7, 11) is 3.00. The summed E-state index contributed by atoms with van der Waals surface area (Å²) in [5, 5.41) is 0. The Morgan fingerprint density at radius 1 is 1.03 bits per heavy atom. The number of amides is 3. The molecule has 0 fully saturated rings. The van der Waals surface area contributed by atoms with Crippen LogP contribution in [-0.4, -0.2) is 59.6 Å². The second-order valence-corrected chi connectivity index (χ2v) is 7.73. The van der Waals surface area contributed by atoms with Crippen LogP contribution in [0.2, 0.25) is 0 Å². The third-order valence-electron chi connectivity index (χ3n) is 6.11. The van der Waals surface area contributed by atoms with E-state index >= 15 is 0 Å². The van der Waals surface area contributed by atoms with Crippen molar-refractivity contribution in [2.75, 3.05) is 20.9 Å². The van der Waals surface area contributed by atoms with Crippen LogP contribution in [0.5, 0.6) is 11.5 Å². The molecule has 3 amide bonds. The standard InChI is InChI=1S/C23H16N3O5/c1-25-21-18(22(28)26(2)23(25)29)16(11-7-8-14-15(9-11)31-10-30-14)17-19(24-21)12-5-3-4-6-13(12)20(17)27/h3-9,17H,10H2,1-2H3/q+1. The Morgan fingerprint density at radius 2 is 1.77 bits per heavy atom. The van der Waals surface area contributed by atoms with Gasteiger partial charge in [0.25, 0.3) is 5.84 Å². The minimum atomic E-state index is -0.740. The number of rotatable bonds is 1. The predicted molar refractivity (Wildman–Crippen MR) is 110 cm³/mol. The van der Waals surface area contributed by atoms with Gasteiger partial charge in [0.05, 0.1) is 14.1 Å². The monoisotopic (exact) mass is 414 g/mol. The summed E-state index contributed by atoms with van der Waals surface area (Å²) < 4.78 is 12.3. The molecule has 8 nitrogen and oxygen atoms in total. The van der Waals surface area contributed by atoms with Crippen molar-refractivity contribution >= 4 is 34.8 Å². The number of dihydropyridines is 1. The molecule has 3 heterocycles. The molecule has 1 atom stereocenters. The van der Waals surface area contributed by atoms with Crippen molar-refractivity contribution in [3.05, 3.63) is 64.7 Å². The number of urea groups is 1. The largest absolute Gasteiger partial charge is 0.454 e. The molecule has 3 aliphatic heterocycles. The van der Waals surface area contributed by atoms with E-state index in [4.69, 9.17) is 9.47 Å². The minimum absolute atomic E-state index is 0.113. The summed E-state index contributed by atoms with van der Waals surface area (Å²) in [4.78, 5) is 45.1. The normalized spacial score (nSPS) is 21.4. The average molecular weight is 414 g/mol. The van der Waals surface area contributed by atoms with E-state index in [0.29, 0.717) is 33.9 Å². The van der Waals surface area contributed by atoms with Crippen LogP contribution in [-0.2, 0) is 4.79 Å². The van der Waals surface area contributed by atoms with Crippen molar-refractivity contribution in [3.63, 3.8) is 0 Å². The zero-order chi connectivity index (χ0) is 21.4. The molecule has 4 aliphatic rings. The Bertz CT molecular complexity index is 1350. The third kappa shape index (κ3) is 2.21. The molecule has 152 valence electrons. The molecule has 0 saturated carbocycles. The first kappa shape index (κ1) is 17.8. The molecule has 0 N–H and O–H groups in total. The van der Waals surface area contributed by atoms with E-state index in [2.05, 4.69) is 4.99 Å². The highest BCUT2D eigenvalue weighted by atomic mass is 16.7. The molecule has 1 unspecified atom stereocenters. The third-order valence-corrected chi connectivity index (χ3v) is 6.11. The van der Waals surface area contributed by atoms with Crippen LogP contribution in [0.25, 0.3) is 5.57 Å². The van der Waals surface area contributed by atoms with Gasteiger partial charge < -0.3 is 9.47 Å². The van der Waals surface area contributed by atoms with E-state index in [1.54, 1.807) is 37.4 Å². The molecule has 2 aromatic carbocycles. The van der Waals surface area contributed by atoms with E-state index in [0.717, 1.165) is 10.5 Å². The summed E-state index contributed by atoms with van der Waals surface area (Å²) in [6, 6.07) is 12.1. The van der Waals surface area contributed by atoms with Crippen molar-refractivity contribution in [1.82, 2.24) is 4.90 Å². The van der Waals surface area contributed by atoms with E-state index < -0.39 is 17.9 Å². The van der Waals surface area contributed by atoms with Crippen molar-refractivity contribution in [3.8, 4) is 11.5 Å². The Hall–Kier alpha value is -4.07. The number of benzene rings is 2. The van der Waals surface area contributed by atoms with E-state index in [9.17, 15) is 14.4 Å². The van der Waals surface area contributed by atoms with Gasteiger partial charge in [-0.25, -0.2) is 9.59 Å². The van der Waals surface area contributed by atoms with Crippen LogP contribution < -0.4 is 9.47 Å². The molecule has 8 heteroatoms. The van der Waals surface area contributed by atoms with Gasteiger partial charge >= 0.3 is 11.9 Å². The number of hydrogen-bond acceptors (Lipinski definition) is 6. The molecular weight excluding hydrogens is 398 g/mol. The lowest BCUT2D eigenvalue weighted by atomic mass is 9.81. The van der Waals surface area contributed by atoms with Gasteiger partial charge in [0.15, 0.2) is 17.3 Å². The molecule has 31 heavy (non-hydrogen) atoms. The lowest BCUT2D eigenvalue weighted by Gasteiger charge is -2.27. The highest BCUT2D eigenvalue weighted by molar-refractivity contribution is 6.43. The number of fused-ring (bicyclic) bond motifs is 5. The quantitative estimate of drug-likeness (QED) is 0.667. The Labute approximate surface area is 176 Å². The molecule has 0 saturated heterocycles. The molecular formula is C23H16N3O5+. The average Bonchev–Trinajstić information content (AvgIpc) is 3.37. The van der Waals surface area contributed by atoms with E-state index in [1.165, 1.54) is 11.6 Å². The molecule has 0 aromatic heterocycles. The number of carbonyl (C=O) groups excluding carboxylic acids is 3. The van der Waals surface area contributed by atoms with Gasteiger partial charge in [0.1, 0.15) is 17.2 Å². The van der Waals surface area contributed by atoms with Crippen LogP contribution in [0.4, 0.5) is 4.79 Å². The number of Topliss-reactive ketones (excluding diaryl/α,β-unsaturated/α-hetero) is 1. The highest BCUT2D eigenvalue weighted by Crippen LogP contribution is 2.45. The summed E-state index contributed by atoms with van der Waals surface area (Å²) in [6.07, 6.45) is 0. The topological polar surface area (TPSA) is 88.3 Å². The number of aliphatic imine (C=N–C) groups is 1. The number of carbonyl (C=O) groups is 3. The zero-order valence-electron chi connectivity index (χ0n) is 16.7. The smallest absolute Gasteiger partial charge is 0.445 e. The van der Waals surface area contributed by atoms with Gasteiger partial charge in [0, 0.05) is 11.1 Å². The zero-order valence-corrected chi connectivity index (χ0v) is 16.7. The van der Waals surface area contributed by atoms with Gasteiger partial charge in [-0.2, -0.15) is 9.48 Å². The summed E-state index contributed by atoms with van der Waals surface area (Å²) >= 11 is 0. The molecule has 1 aliphatic carbocycles. The summed E-state index contributed by atoms with van der Waals surface area (Å²) in [6.45, 7) is 0.113. The van der Waals surface area contributed by atoms with Gasteiger partial charge in [-0.05, 0) is 23.3 Å². The summed E-state index contributed by atoms with van der Waals surface area (Å²) in [5.41, 5.74) is 3.24. The van der Waals surface area contributed by atoms with Crippen molar-refractivity contribution in [1.29, 1.82) is 0 Å². The van der Waals surface area contributed by atoms with Gasteiger partial charge in [-0.3, -0.25) is 4.79 Å². The lowest BCUT2D eigenvalue weighted by Crippen LogP contribution is -2.49. The van der Waals surface area contributed by atoms with Crippen LogP contribution in [0.1, 0.15) is 21.5 Å². The number of likely N-dealkylation sites (N-methyl/N-ethyl adjacent to an activating group) is 1. The van der Waals surface area contributed by atoms with E-state index in [-0.39, 0.29) is 24.0 Å². The maximum absolute atomic E-state index is 13.5. The molecule has 6 rings (SSSR count). The second-order valence-electron chi connectivity index (χ2n) is 7.73. The molecule has 0 bridgehead atoms. The van der Waals surface area contributed by atoms with Crippen LogP contribution >= 0.6 is 0 Å².